The summed E-state index contributed by atoms with van der Waals surface area (Å²) in [5.74, 6) is -0.455. The average molecular weight is 436 g/mol. The fourth-order valence-corrected chi connectivity index (χ4v) is 4.12. The van der Waals surface area contributed by atoms with Crippen molar-refractivity contribution in [2.75, 3.05) is 13.6 Å². The number of carbonyl (C=O) groups is 1. The van der Waals surface area contributed by atoms with Gasteiger partial charge in [-0.25, -0.2) is 8.42 Å². The molecule has 0 spiro atoms. The summed E-state index contributed by atoms with van der Waals surface area (Å²) in [6, 6.07) is 10.3. The van der Waals surface area contributed by atoms with Gasteiger partial charge in [0.15, 0.2) is 0 Å². The van der Waals surface area contributed by atoms with Crippen LogP contribution in [-0.2, 0) is 14.8 Å². The van der Waals surface area contributed by atoms with Gasteiger partial charge in [0.2, 0.25) is 15.9 Å². The predicted molar refractivity (Wildman–Crippen MR) is 104 cm³/mol. The van der Waals surface area contributed by atoms with Crippen LogP contribution in [0.15, 0.2) is 47.4 Å². The number of nitrogens with zero attached hydrogens (tertiary/aromatic N) is 1. The van der Waals surface area contributed by atoms with Crippen molar-refractivity contribution in [1.29, 1.82) is 0 Å². The molecule has 1 N–H and O–H groups in total. The number of likely N-dealkylation sites (N-methyl/N-ethyl adjacent to an activating group) is 1. The van der Waals surface area contributed by atoms with Crippen molar-refractivity contribution in [3.63, 3.8) is 0 Å². The third-order valence-corrected chi connectivity index (χ3v) is 6.33. The molecule has 0 aromatic heterocycles. The summed E-state index contributed by atoms with van der Waals surface area (Å²) in [5, 5.41) is 4.07. The number of hydrogen-bond donors (Lipinski definition) is 1. The van der Waals surface area contributed by atoms with Gasteiger partial charge in [0.25, 0.3) is 0 Å². The number of amides is 1. The minimum absolute atomic E-state index is 0.0611. The third-order valence-electron chi connectivity index (χ3n) is 3.69. The van der Waals surface area contributed by atoms with Gasteiger partial charge >= 0.3 is 0 Å². The molecule has 0 saturated carbocycles. The molecule has 2 aromatic carbocycles. The van der Waals surface area contributed by atoms with Crippen LogP contribution >= 0.6 is 34.8 Å². The lowest BCUT2D eigenvalue weighted by molar-refractivity contribution is -0.121. The van der Waals surface area contributed by atoms with Crippen molar-refractivity contribution in [2.24, 2.45) is 0 Å². The van der Waals surface area contributed by atoms with Gasteiger partial charge < -0.3 is 5.32 Å². The summed E-state index contributed by atoms with van der Waals surface area (Å²) in [4.78, 5) is 12.3. The van der Waals surface area contributed by atoms with Crippen LogP contribution in [0.25, 0.3) is 0 Å². The molecule has 2 aromatic rings. The van der Waals surface area contributed by atoms with E-state index in [0.717, 1.165) is 4.31 Å². The molecule has 2 rings (SSSR count). The quantitative estimate of drug-likeness (QED) is 0.741. The summed E-state index contributed by atoms with van der Waals surface area (Å²) in [7, 11) is -2.46. The van der Waals surface area contributed by atoms with Gasteiger partial charge in [0, 0.05) is 22.1 Å². The van der Waals surface area contributed by atoms with E-state index in [9.17, 15) is 13.2 Å². The smallest absolute Gasteiger partial charge is 0.243 e. The Morgan fingerprint density at radius 1 is 1.08 bits per heavy atom. The van der Waals surface area contributed by atoms with Crippen molar-refractivity contribution in [3.8, 4) is 0 Å². The Labute approximate surface area is 167 Å². The van der Waals surface area contributed by atoms with Gasteiger partial charge in [-0.2, -0.15) is 4.31 Å². The molecule has 140 valence electrons. The van der Waals surface area contributed by atoms with E-state index >= 15 is 0 Å². The maximum atomic E-state index is 12.5. The highest BCUT2D eigenvalue weighted by molar-refractivity contribution is 7.89. The van der Waals surface area contributed by atoms with Gasteiger partial charge in [0.05, 0.1) is 17.5 Å². The number of hydrogen-bond acceptors (Lipinski definition) is 3. The van der Waals surface area contributed by atoms with E-state index in [4.69, 9.17) is 34.8 Å². The molecule has 9 heteroatoms. The highest BCUT2D eigenvalue weighted by Crippen LogP contribution is 2.26. The SMILES string of the molecule is CC(NC(=O)CN(C)S(=O)(=O)c1ccc(Cl)cc1)c1ccc(Cl)cc1Cl. The second-order valence-corrected chi connectivity index (χ2v) is 8.99. The second-order valence-electron chi connectivity index (χ2n) is 5.67. The van der Waals surface area contributed by atoms with Gasteiger partial charge in [0.1, 0.15) is 0 Å². The van der Waals surface area contributed by atoms with Crippen molar-refractivity contribution in [2.45, 2.75) is 17.9 Å². The number of benzene rings is 2. The molecule has 0 aliphatic rings. The summed E-state index contributed by atoms with van der Waals surface area (Å²) in [5.41, 5.74) is 0.688. The van der Waals surface area contributed by atoms with Crippen LogP contribution in [0.4, 0.5) is 0 Å². The molecule has 1 unspecified atom stereocenters. The largest absolute Gasteiger partial charge is 0.348 e. The number of nitrogens with one attached hydrogen (secondary N) is 1. The Morgan fingerprint density at radius 2 is 1.65 bits per heavy atom. The molecule has 0 bridgehead atoms. The lowest BCUT2D eigenvalue weighted by atomic mass is 10.1. The molecule has 0 aliphatic heterocycles. The summed E-state index contributed by atoms with van der Waals surface area (Å²) in [6.07, 6.45) is 0. The van der Waals surface area contributed by atoms with Crippen molar-refractivity contribution >= 4 is 50.7 Å². The fraction of sp³-hybridized carbons (Fsp3) is 0.235. The lowest BCUT2D eigenvalue weighted by Gasteiger charge is -2.20. The van der Waals surface area contributed by atoms with Crippen LogP contribution < -0.4 is 5.32 Å². The van der Waals surface area contributed by atoms with E-state index in [1.165, 1.54) is 31.3 Å². The highest BCUT2D eigenvalue weighted by Gasteiger charge is 2.23. The number of rotatable bonds is 6. The normalized spacial score (nSPS) is 12.8. The number of sulfonamides is 1. The van der Waals surface area contributed by atoms with Crippen molar-refractivity contribution in [3.05, 3.63) is 63.1 Å². The number of halogens is 3. The molecular weight excluding hydrogens is 419 g/mol. The first-order chi connectivity index (χ1) is 12.1. The van der Waals surface area contributed by atoms with Crippen LogP contribution in [0.1, 0.15) is 18.5 Å². The molecule has 0 fully saturated rings. The minimum atomic E-state index is -3.79. The lowest BCUT2D eigenvalue weighted by Crippen LogP contribution is -2.39. The van der Waals surface area contributed by atoms with Gasteiger partial charge in [-0.1, -0.05) is 40.9 Å². The Hall–Kier alpha value is -1.31. The Kier molecular flexibility index (Phi) is 6.93. The number of carbonyl (C=O) groups excluding carboxylic acids is 1. The molecule has 1 atom stereocenters. The zero-order valence-corrected chi connectivity index (χ0v) is 17.1. The van der Waals surface area contributed by atoms with Gasteiger partial charge in [-0.05, 0) is 48.9 Å². The highest BCUT2D eigenvalue weighted by atomic mass is 35.5. The van der Waals surface area contributed by atoms with E-state index in [0.29, 0.717) is 20.6 Å². The summed E-state index contributed by atoms with van der Waals surface area (Å²) >= 11 is 17.8. The first-order valence-electron chi connectivity index (χ1n) is 7.57. The van der Waals surface area contributed by atoms with E-state index in [-0.39, 0.29) is 11.4 Å². The maximum Gasteiger partial charge on any atom is 0.243 e. The maximum absolute atomic E-state index is 12.5. The molecule has 1 amide bonds. The first-order valence-corrected chi connectivity index (χ1v) is 10.1. The molecular formula is C17H17Cl3N2O3S. The molecule has 0 heterocycles. The zero-order chi connectivity index (χ0) is 19.5. The van der Waals surface area contributed by atoms with E-state index in [1.54, 1.807) is 25.1 Å². The van der Waals surface area contributed by atoms with Gasteiger partial charge in [-0.15, -0.1) is 0 Å². The standard InChI is InChI=1S/C17H17Cl3N2O3S/c1-11(15-8-5-13(19)9-16(15)20)21-17(23)10-22(2)26(24,25)14-6-3-12(18)4-7-14/h3-9,11H,10H2,1-2H3,(H,21,23). The Morgan fingerprint density at radius 3 is 2.23 bits per heavy atom. The van der Waals surface area contributed by atoms with Crippen LogP contribution in [-0.4, -0.2) is 32.2 Å². The van der Waals surface area contributed by atoms with Crippen LogP contribution in [0, 0.1) is 0 Å². The van der Waals surface area contributed by atoms with Crippen LogP contribution in [0.3, 0.4) is 0 Å². The van der Waals surface area contributed by atoms with E-state index in [1.807, 2.05) is 0 Å². The average Bonchev–Trinajstić information content (AvgIpc) is 2.54. The first kappa shape index (κ1) is 21.0. The molecule has 5 nitrogen and oxygen atoms in total. The fourth-order valence-electron chi connectivity index (χ4n) is 2.29. The molecule has 0 saturated heterocycles. The zero-order valence-electron chi connectivity index (χ0n) is 14.0. The van der Waals surface area contributed by atoms with E-state index < -0.39 is 22.0 Å². The summed E-state index contributed by atoms with van der Waals surface area (Å²) in [6.45, 7) is 1.42. The van der Waals surface area contributed by atoms with E-state index in [2.05, 4.69) is 5.32 Å². The topological polar surface area (TPSA) is 66.5 Å². The minimum Gasteiger partial charge on any atom is -0.348 e. The van der Waals surface area contributed by atoms with Gasteiger partial charge in [-0.3, -0.25) is 4.79 Å². The van der Waals surface area contributed by atoms with Crippen LogP contribution in [0.2, 0.25) is 15.1 Å². The molecule has 0 radical (unpaired) electrons. The molecule has 0 aliphatic carbocycles. The predicted octanol–water partition coefficient (Wildman–Crippen LogP) is 4.14. The monoisotopic (exact) mass is 434 g/mol. The second kappa shape index (κ2) is 8.59. The van der Waals surface area contributed by atoms with Crippen LogP contribution in [0.5, 0.6) is 0 Å². The molecule has 26 heavy (non-hydrogen) atoms. The summed E-state index contributed by atoms with van der Waals surface area (Å²) < 4.78 is 26.0. The van der Waals surface area contributed by atoms with Crippen molar-refractivity contribution in [1.82, 2.24) is 9.62 Å². The third kappa shape index (κ3) is 5.11. The Bertz CT molecular complexity index is 902. The Balaban J connectivity index is 2.05. The van der Waals surface area contributed by atoms with Crippen molar-refractivity contribution < 1.29 is 13.2 Å².